The van der Waals surface area contributed by atoms with E-state index in [9.17, 15) is 155 Å². The van der Waals surface area contributed by atoms with Gasteiger partial charge in [-0.1, -0.05) is 0 Å². The van der Waals surface area contributed by atoms with Gasteiger partial charge in [0.25, 0.3) is 5.91 Å². The molecule has 0 unspecified atom stereocenters. The van der Waals surface area contributed by atoms with Crippen LogP contribution in [0.5, 0.6) is 0 Å². The van der Waals surface area contributed by atoms with Crippen molar-refractivity contribution in [2.24, 2.45) is 9.98 Å². The van der Waals surface area contributed by atoms with Gasteiger partial charge in [0.05, 0.1) is 11.1 Å². The molecule has 0 aliphatic rings. The summed E-state index contributed by atoms with van der Waals surface area (Å²) in [4.78, 5) is 49.7. The second kappa shape index (κ2) is 18.8. The molecule has 438 valence electrons. The molecular weight excluding hydrogens is 1200 g/mol. The van der Waals surface area contributed by atoms with E-state index in [1.165, 1.54) is 0 Å². The summed E-state index contributed by atoms with van der Waals surface area (Å²) in [5.41, 5.74) is -12.7. The summed E-state index contributed by atoms with van der Waals surface area (Å²) in [6.45, 7) is -1.19. The monoisotopic (exact) mass is 1210 g/mol. The molecule has 1 aromatic rings. The summed E-state index contributed by atoms with van der Waals surface area (Å²) in [7, 11) is 0. The number of rotatable bonds is 22. The summed E-state index contributed by atoms with van der Waals surface area (Å²) in [5, 5.41) is 1.07. The highest BCUT2D eigenvalue weighted by Crippen LogP contribution is 2.71. The van der Waals surface area contributed by atoms with Crippen LogP contribution >= 0.6 is 0 Å². The number of alkyl halides is 37. The van der Waals surface area contributed by atoms with Gasteiger partial charge in [0.15, 0.2) is 6.73 Å². The molecule has 8 nitrogen and oxygen atoms in total. The van der Waals surface area contributed by atoms with Crippen molar-refractivity contribution in [1.29, 1.82) is 0 Å². The van der Waals surface area contributed by atoms with Gasteiger partial charge >= 0.3 is 113 Å². The molecule has 0 aliphatic heterocycles. The van der Waals surface area contributed by atoms with E-state index in [1.807, 2.05) is 4.99 Å². The zero-order chi connectivity index (χ0) is 61.7. The maximum atomic E-state index is 15.8. The van der Waals surface area contributed by atoms with Crippen molar-refractivity contribution >= 4 is 35.4 Å². The molecule has 0 saturated heterocycles. The molecule has 1 aromatic carbocycles. The van der Waals surface area contributed by atoms with E-state index in [4.69, 9.17) is 0 Å². The first-order valence-corrected chi connectivity index (χ1v) is 17.1. The molecule has 0 fully saturated rings. The van der Waals surface area contributed by atoms with Crippen LogP contribution in [-0.2, 0) is 25.0 Å². The Labute approximate surface area is 388 Å². The molecule has 1 rings (SSSR count). The van der Waals surface area contributed by atoms with Gasteiger partial charge in [-0.2, -0.15) is 172 Å². The molecule has 0 bridgehead atoms. The Kier molecular flexibility index (Phi) is 16.9. The number of esters is 1. The lowest BCUT2D eigenvalue weighted by atomic mass is 9.81. The third-order valence-electron chi connectivity index (χ3n) is 9.52. The van der Waals surface area contributed by atoms with Crippen molar-refractivity contribution in [3.63, 3.8) is 0 Å². The molecule has 0 heterocycles. The largest absolute Gasteiger partial charge is 0.460 e. The van der Waals surface area contributed by atoms with Crippen LogP contribution in [0.2, 0.25) is 0 Å². The number of isocyanates is 2. The smallest absolute Gasteiger partial charge is 0.445 e. The van der Waals surface area contributed by atoms with E-state index in [2.05, 4.69) is 9.73 Å². The standard InChI is InChI=1S/C31H10F37N3O5/c1-7-3-9(69-4-72)12(70-5-73)11(10(7)13(75)71-6-76-8(2)74)14(32,33)15(34,35)16(36,37)17(38,39)18(40,41)19(42,43)20(44,45)21(46,47)22(48,49)23(50,51)24(52,53)25(54,55)26(56,57)27(58,59)28(60,61)29(62,63)30(64,65)31(66,67)68/h3H,6H2,1-2H3,(H,71,75). The summed E-state index contributed by atoms with van der Waals surface area (Å²) in [5.74, 6) is -174. The number of carbonyl (C=O) groups excluding carboxylic acids is 4. The Morgan fingerprint density at radius 3 is 0.921 bits per heavy atom. The van der Waals surface area contributed by atoms with Crippen LogP contribution in [0.3, 0.4) is 0 Å². The van der Waals surface area contributed by atoms with E-state index in [0.29, 0.717) is 6.92 Å². The molecule has 45 heteroatoms. The highest BCUT2D eigenvalue weighted by molar-refractivity contribution is 6.00. The number of carbonyl (C=O) groups is 2. The van der Waals surface area contributed by atoms with E-state index in [0.717, 1.165) is 5.32 Å². The Morgan fingerprint density at radius 1 is 0.434 bits per heavy atom. The second-order valence-electron chi connectivity index (χ2n) is 14.3. The average Bonchev–Trinajstić information content (AvgIpc) is 3.22. The first-order chi connectivity index (χ1) is 32.9. The number of ether oxygens (including phenoxy) is 1. The zero-order valence-corrected chi connectivity index (χ0v) is 34.2. The number of nitrogens with one attached hydrogen (secondary N) is 1. The maximum absolute atomic E-state index is 15.8. The zero-order valence-electron chi connectivity index (χ0n) is 34.2. The third kappa shape index (κ3) is 8.64. The number of amides is 1. The predicted octanol–water partition coefficient (Wildman–Crippen LogP) is 13.0. The van der Waals surface area contributed by atoms with Crippen molar-refractivity contribution in [1.82, 2.24) is 5.32 Å². The van der Waals surface area contributed by atoms with Crippen molar-refractivity contribution in [2.45, 2.75) is 121 Å². The lowest BCUT2D eigenvalue weighted by Gasteiger charge is -2.47. The molecule has 1 amide bonds. The normalized spacial score (nSPS) is 15.5. The highest BCUT2D eigenvalue weighted by Gasteiger charge is 3.02. The first-order valence-electron chi connectivity index (χ1n) is 17.1. The molecule has 0 saturated carbocycles. The van der Waals surface area contributed by atoms with Gasteiger partial charge < -0.3 is 10.1 Å². The fraction of sp³-hybridized carbons (Fsp3) is 0.677. The number of hydrogen-bond acceptors (Lipinski definition) is 7. The Morgan fingerprint density at radius 2 is 0.684 bits per heavy atom. The van der Waals surface area contributed by atoms with Crippen molar-refractivity contribution in [3.8, 4) is 0 Å². The van der Waals surface area contributed by atoms with Crippen LogP contribution in [-0.4, -0.2) is 132 Å². The van der Waals surface area contributed by atoms with Gasteiger partial charge in [-0.15, -0.1) is 0 Å². The minimum absolute atomic E-state index is 0.0156. The molecule has 0 radical (unpaired) electrons. The third-order valence-corrected chi connectivity index (χ3v) is 9.52. The fourth-order valence-corrected chi connectivity index (χ4v) is 5.26. The van der Waals surface area contributed by atoms with Crippen LogP contribution in [0.15, 0.2) is 16.1 Å². The van der Waals surface area contributed by atoms with E-state index < -0.39 is 154 Å². The van der Waals surface area contributed by atoms with Crippen LogP contribution in [0.1, 0.15) is 28.4 Å². The number of hydrogen-bond donors (Lipinski definition) is 1. The van der Waals surface area contributed by atoms with Gasteiger partial charge in [-0.25, -0.2) is 9.59 Å². The van der Waals surface area contributed by atoms with Gasteiger partial charge in [0.1, 0.15) is 11.4 Å². The maximum Gasteiger partial charge on any atom is 0.460 e. The van der Waals surface area contributed by atoms with Crippen LogP contribution in [0.25, 0.3) is 0 Å². The van der Waals surface area contributed by atoms with E-state index >= 15 is 26.3 Å². The predicted molar refractivity (Wildman–Crippen MR) is 160 cm³/mol. The Hall–Kier alpha value is -5.67. The average molecular weight is 1210 g/mol. The van der Waals surface area contributed by atoms with Gasteiger partial charge in [0.2, 0.25) is 12.2 Å². The summed E-state index contributed by atoms with van der Waals surface area (Å²) >= 11 is 0. The second-order valence-corrected chi connectivity index (χ2v) is 14.3. The lowest BCUT2D eigenvalue weighted by Crippen LogP contribution is -2.80. The number of aryl methyl sites for hydroxylation is 1. The SMILES string of the molecule is CC(=O)OCNC(=O)c1c(C)cc(N=C=O)c(N=C=O)c1C(F)(F)C(F)(F)C(F)(F)C(F)(F)C(F)(F)C(F)(F)C(F)(F)C(F)(F)C(F)(F)C(F)(F)C(F)(F)C(F)(F)C(F)(F)C(F)(F)C(F)(F)C(F)(F)C(F)(F)C(F)(F)F. The van der Waals surface area contributed by atoms with E-state index in [1.54, 1.807) is 0 Å². The van der Waals surface area contributed by atoms with Gasteiger partial charge in [0, 0.05) is 6.92 Å². The molecule has 1 N–H and O–H groups in total. The lowest BCUT2D eigenvalue weighted by molar-refractivity contribution is -0.493. The molecular formula is C31H10F37N3O5. The van der Waals surface area contributed by atoms with Gasteiger partial charge in [-0.3, -0.25) is 9.59 Å². The topological polar surface area (TPSA) is 114 Å². The Balaban J connectivity index is 4.37. The fourth-order valence-electron chi connectivity index (χ4n) is 5.26. The summed E-state index contributed by atoms with van der Waals surface area (Å²) < 4.78 is 528. The molecule has 0 aromatic heterocycles. The first kappa shape index (κ1) is 68.3. The van der Waals surface area contributed by atoms with Crippen molar-refractivity contribution in [3.05, 3.63) is 22.8 Å². The highest BCUT2D eigenvalue weighted by atomic mass is 19.4. The summed E-state index contributed by atoms with van der Waals surface area (Å²) in [6, 6.07) is -0.119. The van der Waals surface area contributed by atoms with Crippen molar-refractivity contribution in [2.75, 3.05) is 6.73 Å². The molecule has 0 aliphatic carbocycles. The summed E-state index contributed by atoms with van der Waals surface area (Å²) in [6.07, 6.45) is -8.24. The van der Waals surface area contributed by atoms with Gasteiger partial charge in [-0.05, 0) is 18.6 Å². The van der Waals surface area contributed by atoms with E-state index in [-0.39, 0.29) is 25.1 Å². The minimum Gasteiger partial charge on any atom is -0.445 e. The number of benzene rings is 1. The number of halogens is 37. The molecule has 0 atom stereocenters. The Bertz CT molecular complexity index is 2500. The van der Waals surface area contributed by atoms with Crippen LogP contribution in [0, 0.1) is 6.92 Å². The number of nitrogens with zero attached hydrogens (tertiary/aromatic N) is 2. The van der Waals surface area contributed by atoms with Crippen molar-refractivity contribution < 1.29 is 186 Å². The minimum atomic E-state index is -10.6. The number of aliphatic imine (C=N–C) groups is 2. The molecule has 76 heavy (non-hydrogen) atoms. The van der Waals surface area contributed by atoms with Crippen LogP contribution < -0.4 is 5.32 Å². The quantitative estimate of drug-likeness (QED) is 0.0408. The van der Waals surface area contributed by atoms with Crippen LogP contribution in [0.4, 0.5) is 174 Å². The molecule has 0 spiro atoms.